The van der Waals surface area contributed by atoms with Crippen LogP contribution in [0.4, 0.5) is 4.79 Å². The van der Waals surface area contributed by atoms with E-state index in [-0.39, 0.29) is 13.0 Å². The first-order valence-electron chi connectivity index (χ1n) is 18.3. The lowest BCUT2D eigenvalue weighted by Crippen LogP contribution is -2.61. The summed E-state index contributed by atoms with van der Waals surface area (Å²) in [5.74, 6) is -5.63. The standard InChI is InChI=1S/C38H58N6O10/c1-12-13-19-23(28(46)32(48)39-20-25(45)41-26(33(49)43(10)11)22-17-15-14-16-18-22)40-31(47)27-29-24(52-38(8,9)53-29)21-44(27)34(50)30(36(2,3)4)42-35(51)54-37(5,6)7/h14-18,23-24,26-27,29-30H,12-13,19-21H2,1-11H3,(H,39,48)(H,40,47)(H,41,45)(H,42,51)/t23-,24+,26?,27+,29?,30-/m1/s1. The molecule has 0 spiro atoms. The number of hydrogen-bond donors (Lipinski definition) is 4. The minimum atomic E-state index is -1.31. The molecule has 16 heteroatoms. The van der Waals surface area contributed by atoms with E-state index in [0.717, 1.165) is 0 Å². The van der Waals surface area contributed by atoms with Crippen LogP contribution in [0.3, 0.4) is 0 Å². The molecule has 0 aromatic heterocycles. The van der Waals surface area contributed by atoms with E-state index >= 15 is 0 Å². The predicted octanol–water partition coefficient (Wildman–Crippen LogP) is 1.96. The van der Waals surface area contributed by atoms with Crippen molar-refractivity contribution in [2.45, 2.75) is 129 Å². The van der Waals surface area contributed by atoms with Crippen molar-refractivity contribution in [2.75, 3.05) is 27.2 Å². The van der Waals surface area contributed by atoms with Gasteiger partial charge in [-0.05, 0) is 52.0 Å². The van der Waals surface area contributed by atoms with E-state index < -0.39 is 101 Å². The van der Waals surface area contributed by atoms with Gasteiger partial charge in [-0.2, -0.15) is 0 Å². The van der Waals surface area contributed by atoms with E-state index in [1.54, 1.807) is 99.8 Å². The lowest BCUT2D eigenvalue weighted by atomic mass is 9.85. The Morgan fingerprint density at radius 3 is 2.13 bits per heavy atom. The van der Waals surface area contributed by atoms with Crippen LogP contribution in [0.25, 0.3) is 0 Å². The molecule has 6 amide bonds. The van der Waals surface area contributed by atoms with Gasteiger partial charge in [0.2, 0.25) is 29.4 Å². The van der Waals surface area contributed by atoms with Gasteiger partial charge in [-0.25, -0.2) is 4.79 Å². The molecular formula is C38H58N6O10. The normalized spacial score (nSPS) is 20.8. The average molecular weight is 759 g/mol. The molecule has 2 aliphatic heterocycles. The topological polar surface area (TPSA) is 202 Å². The predicted molar refractivity (Wildman–Crippen MR) is 197 cm³/mol. The van der Waals surface area contributed by atoms with Crippen molar-refractivity contribution in [1.82, 2.24) is 31.1 Å². The highest BCUT2D eigenvalue weighted by molar-refractivity contribution is 6.38. The highest BCUT2D eigenvalue weighted by Crippen LogP contribution is 2.38. The molecule has 3 rings (SSSR count). The van der Waals surface area contributed by atoms with Gasteiger partial charge in [-0.15, -0.1) is 0 Å². The zero-order valence-electron chi connectivity index (χ0n) is 33.4. The molecule has 6 atom stereocenters. The summed E-state index contributed by atoms with van der Waals surface area (Å²) >= 11 is 0. The van der Waals surface area contributed by atoms with Crippen molar-refractivity contribution in [3.05, 3.63) is 35.9 Å². The molecule has 0 radical (unpaired) electrons. The van der Waals surface area contributed by atoms with Gasteiger partial charge in [-0.3, -0.25) is 28.8 Å². The monoisotopic (exact) mass is 758 g/mol. The van der Waals surface area contributed by atoms with Gasteiger partial charge in [0.25, 0.3) is 5.91 Å². The van der Waals surface area contributed by atoms with E-state index in [0.29, 0.717) is 18.4 Å². The molecule has 2 aliphatic rings. The number of amides is 6. The molecule has 0 bridgehead atoms. The van der Waals surface area contributed by atoms with Gasteiger partial charge >= 0.3 is 6.09 Å². The third-order valence-electron chi connectivity index (χ3n) is 8.81. The van der Waals surface area contributed by atoms with Gasteiger partial charge in [-0.1, -0.05) is 70.9 Å². The number of unbranched alkanes of at least 4 members (excludes halogenated alkanes) is 1. The smallest absolute Gasteiger partial charge is 0.408 e. The van der Waals surface area contributed by atoms with Gasteiger partial charge in [0.15, 0.2) is 5.79 Å². The maximum absolute atomic E-state index is 14.3. The summed E-state index contributed by atoms with van der Waals surface area (Å²) in [4.78, 5) is 96.4. The van der Waals surface area contributed by atoms with Crippen molar-refractivity contribution >= 4 is 41.4 Å². The summed E-state index contributed by atoms with van der Waals surface area (Å²) in [6.07, 6.45) is -1.24. The molecule has 16 nitrogen and oxygen atoms in total. The molecule has 2 fully saturated rings. The first-order valence-corrected chi connectivity index (χ1v) is 18.3. The molecule has 0 saturated carbocycles. The van der Waals surface area contributed by atoms with Crippen LogP contribution in [0.2, 0.25) is 0 Å². The van der Waals surface area contributed by atoms with E-state index in [4.69, 9.17) is 14.2 Å². The number of likely N-dealkylation sites (N-methyl/N-ethyl adjacent to an activating group) is 1. The zero-order chi connectivity index (χ0) is 40.8. The Morgan fingerprint density at radius 1 is 0.944 bits per heavy atom. The Hall–Kier alpha value is -4.57. The highest BCUT2D eigenvalue weighted by atomic mass is 16.8. The Labute approximate surface area is 317 Å². The minimum absolute atomic E-state index is 0.0446. The molecule has 0 aliphatic carbocycles. The molecule has 4 N–H and O–H groups in total. The number of rotatable bonds is 14. The SMILES string of the molecule is CCCC[C@@H](NC(=O)[C@@H]1C2OC(C)(C)O[C@H]2CN1C(=O)[C@@H](NC(=O)OC(C)(C)C)C(C)(C)C)C(=O)C(=O)NCC(=O)NC(C(=O)N(C)C)c1ccccc1. The first-order chi connectivity index (χ1) is 25.0. The first kappa shape index (κ1) is 43.8. The molecule has 1 aromatic rings. The van der Waals surface area contributed by atoms with Crippen LogP contribution in [0.15, 0.2) is 30.3 Å². The summed E-state index contributed by atoms with van der Waals surface area (Å²) in [6, 6.07) is 3.83. The molecule has 1 aromatic carbocycles. The molecule has 300 valence electrons. The van der Waals surface area contributed by atoms with E-state index in [1.807, 2.05) is 6.92 Å². The second-order valence-corrected chi connectivity index (χ2v) is 16.4. The summed E-state index contributed by atoms with van der Waals surface area (Å²) in [5, 5.41) is 10.3. The van der Waals surface area contributed by atoms with Crippen LogP contribution in [-0.2, 0) is 43.0 Å². The summed E-state index contributed by atoms with van der Waals surface area (Å²) < 4.78 is 17.6. The van der Waals surface area contributed by atoms with Crippen LogP contribution >= 0.6 is 0 Å². The van der Waals surface area contributed by atoms with Gasteiger partial charge in [0.1, 0.15) is 35.9 Å². The quantitative estimate of drug-likeness (QED) is 0.203. The maximum atomic E-state index is 14.3. The second kappa shape index (κ2) is 17.7. The van der Waals surface area contributed by atoms with Crippen molar-refractivity contribution in [3.63, 3.8) is 0 Å². The number of hydrogen-bond acceptors (Lipinski definition) is 10. The third kappa shape index (κ3) is 11.7. The second-order valence-electron chi connectivity index (χ2n) is 16.4. The number of ketones is 1. The highest BCUT2D eigenvalue weighted by Gasteiger charge is 2.58. The van der Waals surface area contributed by atoms with Crippen molar-refractivity contribution < 1.29 is 47.8 Å². The number of nitrogens with zero attached hydrogens (tertiary/aromatic N) is 2. The molecule has 2 unspecified atom stereocenters. The number of nitrogens with one attached hydrogen (secondary N) is 4. The number of benzene rings is 1. The van der Waals surface area contributed by atoms with Crippen LogP contribution in [0.5, 0.6) is 0 Å². The number of alkyl carbamates (subject to hydrolysis) is 1. The largest absolute Gasteiger partial charge is 0.444 e. The van der Waals surface area contributed by atoms with Crippen molar-refractivity contribution in [3.8, 4) is 0 Å². The number of likely N-dealkylation sites (tertiary alicyclic amines) is 1. The Bertz CT molecular complexity index is 1550. The third-order valence-corrected chi connectivity index (χ3v) is 8.81. The molecular weight excluding hydrogens is 700 g/mol. The lowest BCUT2D eigenvalue weighted by Gasteiger charge is -2.37. The summed E-state index contributed by atoms with van der Waals surface area (Å²) in [5.41, 5.74) is -1.12. The summed E-state index contributed by atoms with van der Waals surface area (Å²) in [7, 11) is 3.10. The van der Waals surface area contributed by atoms with Crippen LogP contribution in [0, 0.1) is 5.41 Å². The Kier molecular flexibility index (Phi) is 14.4. The fourth-order valence-electron chi connectivity index (χ4n) is 6.26. The van der Waals surface area contributed by atoms with Crippen LogP contribution in [0.1, 0.15) is 93.2 Å². The fourth-order valence-corrected chi connectivity index (χ4v) is 6.26. The van der Waals surface area contributed by atoms with Gasteiger partial charge in [0, 0.05) is 14.1 Å². The van der Waals surface area contributed by atoms with Crippen molar-refractivity contribution in [1.29, 1.82) is 0 Å². The van der Waals surface area contributed by atoms with E-state index in [9.17, 15) is 33.6 Å². The Morgan fingerprint density at radius 2 is 1.57 bits per heavy atom. The minimum Gasteiger partial charge on any atom is -0.444 e. The van der Waals surface area contributed by atoms with Gasteiger partial charge < -0.3 is 45.3 Å². The summed E-state index contributed by atoms with van der Waals surface area (Å²) in [6.45, 7) is 14.9. The number of carbonyl (C=O) groups is 7. The molecule has 2 heterocycles. The Balaban J connectivity index is 1.80. The maximum Gasteiger partial charge on any atom is 0.408 e. The van der Waals surface area contributed by atoms with Crippen LogP contribution < -0.4 is 21.3 Å². The van der Waals surface area contributed by atoms with Crippen molar-refractivity contribution in [2.24, 2.45) is 5.41 Å². The lowest BCUT2D eigenvalue weighted by molar-refractivity contribution is -0.171. The number of ether oxygens (including phenoxy) is 3. The number of fused-ring (bicyclic) bond motifs is 1. The van der Waals surface area contributed by atoms with E-state index in [1.165, 1.54) is 9.80 Å². The number of carbonyl (C=O) groups excluding carboxylic acids is 7. The van der Waals surface area contributed by atoms with E-state index in [2.05, 4.69) is 21.3 Å². The zero-order valence-corrected chi connectivity index (χ0v) is 33.4. The van der Waals surface area contributed by atoms with Crippen LogP contribution in [-0.4, -0.2) is 120 Å². The van der Waals surface area contributed by atoms with Gasteiger partial charge in [0.05, 0.1) is 19.1 Å². The molecule has 2 saturated heterocycles. The molecule has 54 heavy (non-hydrogen) atoms. The number of Topliss-reactive ketones (excluding diaryl/α,β-unsaturated/α-hetero) is 1. The average Bonchev–Trinajstić information content (AvgIpc) is 3.56. The fraction of sp³-hybridized carbons (Fsp3) is 0.658.